The number of aromatic nitrogens is 4. The molecule has 11 heteroatoms. The summed E-state index contributed by atoms with van der Waals surface area (Å²) in [5, 5.41) is 4.22. The maximum absolute atomic E-state index is 13.6. The molecule has 0 unspecified atom stereocenters. The van der Waals surface area contributed by atoms with Gasteiger partial charge >= 0.3 is 5.69 Å². The fraction of sp³-hybridized carbons (Fsp3) is 0.400. The average Bonchev–Trinajstić information content (AvgIpc) is 2.85. The van der Waals surface area contributed by atoms with Crippen LogP contribution in [0.2, 0.25) is 0 Å². The number of ether oxygens (including phenoxy) is 1. The summed E-state index contributed by atoms with van der Waals surface area (Å²) >= 11 is 0. The second-order valence-corrected chi connectivity index (χ2v) is 8.75. The highest BCUT2D eigenvalue weighted by atomic mass is 16.5. The van der Waals surface area contributed by atoms with Gasteiger partial charge in [0, 0.05) is 19.2 Å². The van der Waals surface area contributed by atoms with Crippen LogP contribution >= 0.6 is 0 Å². The third-order valence-electron chi connectivity index (χ3n) is 5.41. The molecule has 0 saturated heterocycles. The van der Waals surface area contributed by atoms with Crippen molar-refractivity contribution in [2.24, 2.45) is 5.92 Å². The maximum atomic E-state index is 13.6. The van der Waals surface area contributed by atoms with E-state index in [1.54, 1.807) is 12.1 Å². The summed E-state index contributed by atoms with van der Waals surface area (Å²) < 4.78 is 8.03. The minimum absolute atomic E-state index is 0.0363. The molecule has 2 aromatic heterocycles. The monoisotopic (exact) mass is 496 g/mol. The van der Waals surface area contributed by atoms with E-state index in [1.807, 2.05) is 39.0 Å². The molecule has 1 amide bonds. The molecule has 11 nitrogen and oxygen atoms in total. The summed E-state index contributed by atoms with van der Waals surface area (Å²) in [4.78, 5) is 54.6. The number of hydrogen-bond acceptors (Lipinski definition) is 7. The van der Waals surface area contributed by atoms with Gasteiger partial charge < -0.3 is 10.5 Å². The van der Waals surface area contributed by atoms with Gasteiger partial charge in [-0.3, -0.25) is 28.8 Å². The van der Waals surface area contributed by atoms with Crippen LogP contribution in [0.5, 0.6) is 5.75 Å². The lowest BCUT2D eigenvalue weighted by atomic mass is 10.2. The number of carbonyl (C=O) groups excluding carboxylic acids is 1. The number of anilines is 2. The molecule has 0 saturated carbocycles. The molecule has 0 aliphatic heterocycles. The van der Waals surface area contributed by atoms with Crippen LogP contribution < -0.4 is 32.2 Å². The number of nitrogens with two attached hydrogens (primary N) is 1. The van der Waals surface area contributed by atoms with E-state index in [-0.39, 0.29) is 49.4 Å². The number of nitrogens with zero attached hydrogens (tertiary/aromatic N) is 4. The van der Waals surface area contributed by atoms with E-state index in [1.165, 1.54) is 21.6 Å². The van der Waals surface area contributed by atoms with Crippen LogP contribution in [0.1, 0.15) is 44.1 Å². The van der Waals surface area contributed by atoms with Gasteiger partial charge in [-0.1, -0.05) is 45.4 Å². The number of rotatable bonds is 11. The molecule has 3 aromatic rings. The van der Waals surface area contributed by atoms with Crippen molar-refractivity contribution in [2.75, 3.05) is 23.8 Å². The Bertz CT molecular complexity index is 1360. The first kappa shape index (κ1) is 26.5. The van der Waals surface area contributed by atoms with E-state index < -0.39 is 22.7 Å². The molecule has 0 aliphatic carbocycles. The Morgan fingerprint density at radius 3 is 2.53 bits per heavy atom. The molecule has 0 atom stereocenters. The van der Waals surface area contributed by atoms with Gasteiger partial charge in [0.05, 0.1) is 6.54 Å². The molecule has 0 fully saturated rings. The Morgan fingerprint density at radius 2 is 1.86 bits per heavy atom. The van der Waals surface area contributed by atoms with Gasteiger partial charge in [0.25, 0.3) is 17.0 Å². The predicted molar refractivity (Wildman–Crippen MR) is 138 cm³/mol. The molecular formula is C25H32N6O5. The van der Waals surface area contributed by atoms with Gasteiger partial charge in [-0.15, -0.1) is 0 Å². The Labute approximate surface area is 208 Å². The van der Waals surface area contributed by atoms with Crippen molar-refractivity contribution in [3.8, 4) is 5.75 Å². The molecule has 3 N–H and O–H groups in total. The van der Waals surface area contributed by atoms with Crippen LogP contribution in [0.4, 0.5) is 11.5 Å². The summed E-state index contributed by atoms with van der Waals surface area (Å²) in [6, 6.07) is 11.7. The van der Waals surface area contributed by atoms with Crippen molar-refractivity contribution in [1.82, 2.24) is 19.3 Å². The quantitative estimate of drug-likeness (QED) is 0.412. The summed E-state index contributed by atoms with van der Waals surface area (Å²) in [5.74, 6) is 0.0289. The fourth-order valence-electron chi connectivity index (χ4n) is 3.64. The lowest BCUT2D eigenvalue weighted by Gasteiger charge is -2.24. The predicted octanol–water partition coefficient (Wildman–Crippen LogP) is 1.86. The minimum Gasteiger partial charge on any atom is -0.492 e. The third-order valence-corrected chi connectivity index (χ3v) is 5.41. The van der Waals surface area contributed by atoms with Crippen LogP contribution in [-0.4, -0.2) is 38.4 Å². The second-order valence-electron chi connectivity index (χ2n) is 8.75. The van der Waals surface area contributed by atoms with Gasteiger partial charge in [0.1, 0.15) is 23.9 Å². The van der Waals surface area contributed by atoms with Gasteiger partial charge in [0.2, 0.25) is 0 Å². The molecule has 36 heavy (non-hydrogen) atoms. The zero-order valence-corrected chi connectivity index (χ0v) is 20.8. The van der Waals surface area contributed by atoms with E-state index in [4.69, 9.17) is 10.5 Å². The Morgan fingerprint density at radius 1 is 1.14 bits per heavy atom. The van der Waals surface area contributed by atoms with Crippen LogP contribution in [0, 0.1) is 5.92 Å². The zero-order chi connectivity index (χ0) is 26.2. The smallest absolute Gasteiger partial charge is 0.330 e. The first-order chi connectivity index (χ1) is 17.2. The molecule has 0 bridgehead atoms. The number of aromatic amines is 1. The van der Waals surface area contributed by atoms with Crippen molar-refractivity contribution in [1.29, 1.82) is 0 Å². The van der Waals surface area contributed by atoms with Crippen LogP contribution in [0.3, 0.4) is 0 Å². The first-order valence-corrected chi connectivity index (χ1v) is 11.9. The number of H-pyrrole nitrogens is 1. The standard InChI is InChI=1S/C25H32N6O5/c1-4-5-13-29(21-22(26)30(16-17(2)3)25(35)27-23(21)33)24(34)19-11-12-20(32)31(28-19)14-15-36-18-9-7-6-8-10-18/h6-12,17H,4-5,13-16,26H2,1-3H3,(H,27,33,35). The van der Waals surface area contributed by atoms with E-state index >= 15 is 0 Å². The van der Waals surface area contributed by atoms with Crippen molar-refractivity contribution in [2.45, 2.75) is 46.7 Å². The normalized spacial score (nSPS) is 11.0. The van der Waals surface area contributed by atoms with Crippen molar-refractivity contribution < 1.29 is 9.53 Å². The van der Waals surface area contributed by atoms with E-state index in [2.05, 4.69) is 10.1 Å². The number of para-hydroxylation sites is 1. The number of amides is 1. The SMILES string of the molecule is CCCCN(C(=O)c1ccc(=O)n(CCOc2ccccc2)n1)c1c(N)n(CC(C)C)c(=O)[nH]c1=O. The zero-order valence-electron chi connectivity index (χ0n) is 20.8. The Hall–Kier alpha value is -4.15. The molecule has 192 valence electrons. The van der Waals surface area contributed by atoms with E-state index in [0.29, 0.717) is 12.2 Å². The molecule has 0 radical (unpaired) electrons. The Kier molecular flexibility index (Phi) is 8.82. The summed E-state index contributed by atoms with van der Waals surface area (Å²) in [6.07, 6.45) is 1.33. The highest BCUT2D eigenvalue weighted by Crippen LogP contribution is 2.20. The van der Waals surface area contributed by atoms with Crippen molar-refractivity contribution in [3.05, 3.63) is 79.4 Å². The summed E-state index contributed by atoms with van der Waals surface area (Å²) in [7, 11) is 0. The van der Waals surface area contributed by atoms with Gasteiger partial charge in [-0.05, 0) is 30.5 Å². The Balaban J connectivity index is 1.94. The topological polar surface area (TPSA) is 145 Å². The highest BCUT2D eigenvalue weighted by Gasteiger charge is 2.26. The van der Waals surface area contributed by atoms with Crippen LogP contribution in [0.15, 0.2) is 56.8 Å². The lowest BCUT2D eigenvalue weighted by Crippen LogP contribution is -2.42. The molecule has 2 heterocycles. The minimum atomic E-state index is -0.758. The number of nitrogens with one attached hydrogen (secondary N) is 1. The molecule has 3 rings (SSSR count). The number of carbonyl (C=O) groups is 1. The van der Waals surface area contributed by atoms with Gasteiger partial charge in [0.15, 0.2) is 5.69 Å². The van der Waals surface area contributed by atoms with E-state index in [9.17, 15) is 19.2 Å². The van der Waals surface area contributed by atoms with Gasteiger partial charge in [-0.25, -0.2) is 9.48 Å². The fourth-order valence-corrected chi connectivity index (χ4v) is 3.64. The van der Waals surface area contributed by atoms with Crippen molar-refractivity contribution in [3.63, 3.8) is 0 Å². The third kappa shape index (κ3) is 6.29. The number of nitrogen functional groups attached to an aromatic ring is 1. The number of benzene rings is 1. The van der Waals surface area contributed by atoms with E-state index in [0.717, 1.165) is 11.1 Å². The molecule has 0 spiro atoms. The van der Waals surface area contributed by atoms with Crippen LogP contribution in [0.25, 0.3) is 0 Å². The average molecular weight is 497 g/mol. The second kappa shape index (κ2) is 12.0. The van der Waals surface area contributed by atoms with Gasteiger partial charge in [-0.2, -0.15) is 5.10 Å². The molecule has 0 aliphatic rings. The number of hydrogen-bond donors (Lipinski definition) is 2. The summed E-state index contributed by atoms with van der Waals surface area (Å²) in [5.41, 5.74) is 4.32. The van der Waals surface area contributed by atoms with Crippen LogP contribution in [-0.2, 0) is 13.1 Å². The number of unbranched alkanes of at least 4 members (excludes halogenated alkanes) is 1. The van der Waals surface area contributed by atoms with Crippen molar-refractivity contribution >= 4 is 17.4 Å². The molecular weight excluding hydrogens is 464 g/mol. The first-order valence-electron chi connectivity index (χ1n) is 11.9. The maximum Gasteiger partial charge on any atom is 0.330 e. The summed E-state index contributed by atoms with van der Waals surface area (Å²) in [6.45, 7) is 6.50. The lowest BCUT2D eigenvalue weighted by molar-refractivity contribution is 0.0978. The molecule has 1 aromatic carbocycles. The highest BCUT2D eigenvalue weighted by molar-refractivity contribution is 6.05. The largest absolute Gasteiger partial charge is 0.492 e.